The third kappa shape index (κ3) is 5.91. The quantitative estimate of drug-likeness (QED) is 0.473. The lowest BCUT2D eigenvalue weighted by molar-refractivity contribution is 0.0552. The van der Waals surface area contributed by atoms with Crippen LogP contribution in [0, 0.1) is 5.92 Å². The van der Waals surface area contributed by atoms with E-state index >= 15 is 0 Å². The number of fused-ring (bicyclic) bond motifs is 1. The van der Waals surface area contributed by atoms with Gasteiger partial charge in [0.2, 0.25) is 0 Å². The van der Waals surface area contributed by atoms with Gasteiger partial charge in [0.1, 0.15) is 24.2 Å². The number of amides is 1. The zero-order chi connectivity index (χ0) is 25.7. The molecular weight excluding hydrogens is 460 g/mol. The maximum atomic E-state index is 13.0. The first-order valence-electron chi connectivity index (χ1n) is 12.5. The molecule has 9 heteroatoms. The van der Waals surface area contributed by atoms with Crippen molar-refractivity contribution in [3.8, 4) is 11.5 Å². The van der Waals surface area contributed by atoms with Crippen molar-refractivity contribution < 1.29 is 19.4 Å². The van der Waals surface area contributed by atoms with Gasteiger partial charge in [-0.3, -0.25) is 4.57 Å². The average Bonchev–Trinajstić information content (AvgIpc) is 3.19. The van der Waals surface area contributed by atoms with Gasteiger partial charge in [0.25, 0.3) is 0 Å². The van der Waals surface area contributed by atoms with E-state index in [1.807, 2.05) is 56.3 Å². The number of piperidine rings is 1. The van der Waals surface area contributed by atoms with Gasteiger partial charge in [-0.2, -0.15) is 0 Å². The zero-order valence-electron chi connectivity index (χ0n) is 21.2. The first kappa shape index (κ1) is 25.8. The summed E-state index contributed by atoms with van der Waals surface area (Å²) in [6.45, 7) is 6.83. The van der Waals surface area contributed by atoms with Gasteiger partial charge in [-0.15, -0.1) is 0 Å². The molecule has 1 fully saturated rings. The van der Waals surface area contributed by atoms with Crippen LogP contribution >= 0.6 is 0 Å². The van der Waals surface area contributed by atoms with Crippen LogP contribution in [0.5, 0.6) is 11.5 Å². The second-order valence-corrected chi connectivity index (χ2v) is 9.64. The van der Waals surface area contributed by atoms with Crippen LogP contribution in [-0.4, -0.2) is 71.2 Å². The Morgan fingerprint density at radius 3 is 2.33 bits per heavy atom. The number of benzene rings is 2. The van der Waals surface area contributed by atoms with Crippen LogP contribution in [0.2, 0.25) is 0 Å². The Kier molecular flexibility index (Phi) is 8.32. The van der Waals surface area contributed by atoms with Crippen LogP contribution in [-0.2, 0) is 0 Å². The number of β-amino-alcohol motifs (C(OH)–C–C–N with tert-alkyl or cyclic N) is 1. The third-order valence-corrected chi connectivity index (χ3v) is 6.72. The van der Waals surface area contributed by atoms with E-state index in [2.05, 4.69) is 10.2 Å². The number of aliphatic hydroxyl groups is 1. The van der Waals surface area contributed by atoms with Crippen molar-refractivity contribution >= 4 is 17.1 Å². The Balaban J connectivity index is 1.23. The average molecular weight is 497 g/mol. The van der Waals surface area contributed by atoms with Crippen LogP contribution in [0.3, 0.4) is 0 Å². The van der Waals surface area contributed by atoms with Crippen molar-refractivity contribution in [2.45, 2.75) is 38.8 Å². The number of nitrogens with one attached hydrogen (secondary N) is 1. The lowest BCUT2D eigenvalue weighted by atomic mass is 9.96. The van der Waals surface area contributed by atoms with E-state index in [1.54, 1.807) is 17.7 Å². The van der Waals surface area contributed by atoms with Crippen LogP contribution < -0.4 is 20.5 Å². The highest BCUT2D eigenvalue weighted by molar-refractivity contribution is 5.89. The van der Waals surface area contributed by atoms with Crippen LogP contribution in [0.15, 0.2) is 53.3 Å². The molecule has 1 unspecified atom stereocenters. The summed E-state index contributed by atoms with van der Waals surface area (Å²) in [4.78, 5) is 28.1. The molecule has 1 amide bonds. The van der Waals surface area contributed by atoms with Gasteiger partial charge in [-0.25, -0.2) is 14.2 Å². The minimum Gasteiger partial charge on any atom is -0.497 e. The van der Waals surface area contributed by atoms with Crippen LogP contribution in [0.4, 0.5) is 4.79 Å². The number of nitrogens with zero attached hydrogens (tertiary/aromatic N) is 3. The molecule has 36 heavy (non-hydrogen) atoms. The van der Waals surface area contributed by atoms with Gasteiger partial charge in [0, 0.05) is 19.1 Å². The van der Waals surface area contributed by atoms with Gasteiger partial charge >= 0.3 is 11.7 Å². The molecule has 1 saturated heterocycles. The van der Waals surface area contributed by atoms with Crippen molar-refractivity contribution in [2.24, 2.45) is 5.92 Å². The summed E-state index contributed by atoms with van der Waals surface area (Å²) in [7, 11) is 1.62. The molecule has 3 aromatic rings. The number of methoxy groups -OCH3 is 1. The highest BCUT2D eigenvalue weighted by atomic mass is 16.5. The summed E-state index contributed by atoms with van der Waals surface area (Å²) >= 11 is 0. The highest BCUT2D eigenvalue weighted by Gasteiger charge is 2.24. The maximum Gasteiger partial charge on any atom is 0.337 e. The number of hydrogen-bond acceptors (Lipinski definition) is 6. The van der Waals surface area contributed by atoms with E-state index < -0.39 is 6.10 Å². The standard InChI is InChI=1S/C27H36N4O5/c1-19(2)30-24-6-4-5-7-25(24)31(27(30)34)26(33)28-16-20-12-14-29(15-13-20)17-21(32)18-36-23-10-8-22(35-3)9-11-23/h4-11,19-21,32H,12-18H2,1-3H3,(H,28,33). The molecule has 2 heterocycles. The normalized spacial score (nSPS) is 15.8. The number of carbonyl (C=O) groups excluding carboxylic acids is 1. The Labute approximate surface area is 211 Å². The molecule has 1 aliphatic rings. The largest absolute Gasteiger partial charge is 0.497 e. The number of likely N-dealkylation sites (tertiary alicyclic amines) is 1. The molecule has 1 aliphatic heterocycles. The van der Waals surface area contributed by atoms with E-state index in [-0.39, 0.29) is 24.4 Å². The molecule has 2 aromatic carbocycles. The fourth-order valence-electron chi connectivity index (χ4n) is 4.77. The number of imidazole rings is 1. The number of ether oxygens (including phenoxy) is 2. The summed E-state index contributed by atoms with van der Waals surface area (Å²) in [6, 6.07) is 14.2. The summed E-state index contributed by atoms with van der Waals surface area (Å²) in [5, 5.41) is 13.4. The molecule has 0 radical (unpaired) electrons. The molecule has 194 valence electrons. The van der Waals surface area contributed by atoms with Crippen LogP contribution in [0.25, 0.3) is 11.0 Å². The zero-order valence-corrected chi connectivity index (χ0v) is 21.2. The third-order valence-electron chi connectivity index (χ3n) is 6.72. The Morgan fingerprint density at radius 1 is 1.06 bits per heavy atom. The van der Waals surface area contributed by atoms with E-state index in [1.165, 1.54) is 4.57 Å². The Bertz CT molecular complexity index is 1210. The van der Waals surface area contributed by atoms with Crippen molar-refractivity contribution in [1.82, 2.24) is 19.4 Å². The minimum atomic E-state index is -0.589. The number of rotatable bonds is 9. The van der Waals surface area contributed by atoms with E-state index in [0.29, 0.717) is 30.3 Å². The van der Waals surface area contributed by atoms with E-state index in [4.69, 9.17) is 9.47 Å². The first-order valence-corrected chi connectivity index (χ1v) is 12.5. The number of hydrogen-bond donors (Lipinski definition) is 2. The molecule has 4 rings (SSSR count). The van der Waals surface area contributed by atoms with Crippen molar-refractivity contribution in [3.63, 3.8) is 0 Å². The van der Waals surface area contributed by atoms with Gasteiger partial charge in [-0.1, -0.05) is 12.1 Å². The number of aliphatic hydroxyl groups excluding tert-OH is 1. The van der Waals surface area contributed by atoms with Gasteiger partial charge in [-0.05, 0) is 82.1 Å². The minimum absolute atomic E-state index is 0.0438. The van der Waals surface area contributed by atoms with Crippen LogP contribution in [0.1, 0.15) is 32.7 Å². The topological polar surface area (TPSA) is 98.0 Å². The van der Waals surface area contributed by atoms with E-state index in [9.17, 15) is 14.7 Å². The van der Waals surface area contributed by atoms with Gasteiger partial charge in [0.15, 0.2) is 0 Å². The molecule has 9 nitrogen and oxygen atoms in total. The molecule has 1 aromatic heterocycles. The SMILES string of the molecule is COc1ccc(OCC(O)CN2CCC(CNC(=O)n3c(=O)n(C(C)C)c4ccccc43)CC2)cc1. The summed E-state index contributed by atoms with van der Waals surface area (Å²) in [6.07, 6.45) is 1.23. The lowest BCUT2D eigenvalue weighted by Gasteiger charge is -2.33. The highest BCUT2D eigenvalue weighted by Crippen LogP contribution is 2.20. The Morgan fingerprint density at radius 2 is 1.69 bits per heavy atom. The molecular formula is C27H36N4O5. The predicted molar refractivity (Wildman–Crippen MR) is 139 cm³/mol. The van der Waals surface area contributed by atoms with Crippen molar-refractivity contribution in [2.75, 3.05) is 39.9 Å². The fraction of sp³-hybridized carbons (Fsp3) is 0.481. The maximum absolute atomic E-state index is 13.0. The van der Waals surface area contributed by atoms with Crippen molar-refractivity contribution in [1.29, 1.82) is 0 Å². The summed E-state index contributed by atoms with van der Waals surface area (Å²) in [5.74, 6) is 1.78. The number of carbonyl (C=O) groups is 1. The molecule has 2 N–H and O–H groups in total. The second-order valence-electron chi connectivity index (χ2n) is 9.64. The molecule has 0 saturated carbocycles. The smallest absolute Gasteiger partial charge is 0.337 e. The first-order chi connectivity index (χ1) is 17.4. The van der Waals surface area contributed by atoms with Gasteiger partial charge < -0.3 is 24.8 Å². The number of aromatic nitrogens is 2. The van der Waals surface area contributed by atoms with Crippen molar-refractivity contribution in [3.05, 3.63) is 59.0 Å². The Hall–Kier alpha value is -3.30. The predicted octanol–water partition coefficient (Wildman–Crippen LogP) is 3.10. The monoisotopic (exact) mass is 496 g/mol. The fourth-order valence-corrected chi connectivity index (χ4v) is 4.77. The second kappa shape index (κ2) is 11.6. The summed E-state index contributed by atoms with van der Waals surface area (Å²) < 4.78 is 13.7. The molecule has 0 spiro atoms. The molecule has 1 atom stereocenters. The molecule has 0 bridgehead atoms. The lowest BCUT2D eigenvalue weighted by Crippen LogP contribution is -2.44. The van der Waals surface area contributed by atoms with E-state index in [0.717, 1.165) is 37.2 Å². The summed E-state index contributed by atoms with van der Waals surface area (Å²) in [5.41, 5.74) is 1.06. The number of para-hydroxylation sites is 2. The molecule has 0 aliphatic carbocycles. The van der Waals surface area contributed by atoms with Gasteiger partial charge in [0.05, 0.1) is 18.1 Å².